The second-order valence-electron chi connectivity index (χ2n) is 30.9. The van der Waals surface area contributed by atoms with E-state index in [0.29, 0.717) is 81.3 Å². The minimum Gasteiger partial charge on any atom is -0.496 e. The van der Waals surface area contributed by atoms with Crippen LogP contribution in [0.5, 0.6) is 46.0 Å². The average molecular weight is 1850 g/mol. The summed E-state index contributed by atoms with van der Waals surface area (Å²) >= 11 is 6.68. The SMILES string of the molecule is CNC.COc1cc(-c2cn(C)c(=O)c3c2CCNC3)cc(OC)c1CN(C)C.COc1cc(-c2cn(C)c(=O)c3cnccc23)cc(OC)c1C=O.COc1cc(-c2cn(C)c(=O)c3cnccc23)cc(OC)c1CN(C)C.COc1cc(Br)cc(OC)c1C=O.Cn1cc(B2OC(C)(C)C(C)(C)O2)c2ccncc2c1=O.Cn1cc(Br)c2ccncc2c1=O. The standard InChI is InChI=1S/C20H27N3O3.C20H23N3O3.C18H16N2O4.C15H19BN2O3.C9H7BrN2O.C9H9BrO3.C2H7N/c2*1-22(2)11-17-18(25-4)8-13(9-19(17)26-5)16-12-23(3)20(24)15-10-21-7-6-14(15)16;1-20-9-14(12-4-5-19-8-13(12)18(20)22)11-6-16(23-2)15(10-21)17(7-11)24-3;1-14(2)15(3,4)21-16(20-14)12-9-18(5)13(19)11-8-17-7-6-10(11)12;1-12-5-8(10)6-2-3-11-4-7(6)9(12)13;1-12-8-3-6(10)4-9(13-2)7(8)5-11;1-3-2/h8-9,12,21H,6-7,10-11H2,1-5H3;6-10,12H,11H2,1-5H3;4-10H,1-3H3;6-9H,1-5H3;2-5H,1H3;3-5H,1-2H3;3H,1-2H3. The summed E-state index contributed by atoms with van der Waals surface area (Å²) in [5.74, 6) is 4.93. The number of carbonyl (C=O) groups is 2. The van der Waals surface area contributed by atoms with E-state index in [2.05, 4.69) is 72.2 Å². The number of nitrogens with one attached hydrogen (secondary N) is 2. The van der Waals surface area contributed by atoms with E-state index in [1.807, 2.05) is 125 Å². The van der Waals surface area contributed by atoms with Crippen molar-refractivity contribution in [2.24, 2.45) is 35.2 Å². The van der Waals surface area contributed by atoms with Crippen LogP contribution in [0.1, 0.15) is 70.7 Å². The minimum atomic E-state index is -0.494. The van der Waals surface area contributed by atoms with Gasteiger partial charge in [0.25, 0.3) is 27.8 Å². The molecule has 9 aromatic heterocycles. The zero-order valence-corrected chi connectivity index (χ0v) is 78.5. The number of aryl methyl sites for hydroxylation is 5. The number of benzene rings is 4. The van der Waals surface area contributed by atoms with Crippen molar-refractivity contribution in [2.45, 2.75) is 65.0 Å². The Morgan fingerprint density at radius 2 is 0.746 bits per heavy atom. The van der Waals surface area contributed by atoms with Gasteiger partial charge in [0.15, 0.2) is 12.6 Å². The Labute approximate surface area is 748 Å². The van der Waals surface area contributed by atoms with Gasteiger partial charge in [-0.05, 0) is 210 Å². The maximum Gasteiger partial charge on any atom is 0.496 e. The fraction of sp³-hybridized carbons (Fsp3) is 0.323. The molecule has 1 fully saturated rings. The molecule has 0 aliphatic carbocycles. The van der Waals surface area contributed by atoms with Crippen LogP contribution in [0, 0.1) is 0 Å². The number of aldehydes is 2. The Morgan fingerprint density at radius 1 is 0.437 bits per heavy atom. The molecule has 4 aromatic carbocycles. The Hall–Kier alpha value is -12.2. The zero-order valence-electron chi connectivity index (χ0n) is 75.3. The van der Waals surface area contributed by atoms with Gasteiger partial charge < -0.3 is 90.5 Å². The van der Waals surface area contributed by atoms with Crippen LogP contribution < -0.4 is 81.8 Å². The van der Waals surface area contributed by atoms with Crippen molar-refractivity contribution in [3.05, 3.63) is 247 Å². The molecule has 0 spiro atoms. The zero-order chi connectivity index (χ0) is 92.3. The average Bonchev–Trinajstić information content (AvgIpc) is 1.69. The van der Waals surface area contributed by atoms with Crippen LogP contribution in [0.15, 0.2) is 186 Å². The number of aromatic nitrogens is 9. The van der Waals surface area contributed by atoms with Crippen LogP contribution in [-0.2, 0) is 70.6 Å². The first-order chi connectivity index (χ1) is 60.1. The topological polar surface area (TPSA) is 319 Å². The smallest absolute Gasteiger partial charge is 0.496 e. The number of halogens is 2. The van der Waals surface area contributed by atoms with E-state index in [9.17, 15) is 33.6 Å². The molecule has 0 atom stereocenters. The molecule has 30 nitrogen and oxygen atoms in total. The highest BCUT2D eigenvalue weighted by Crippen LogP contribution is 2.42. The van der Waals surface area contributed by atoms with Gasteiger partial charge in [0, 0.05) is 177 Å². The van der Waals surface area contributed by atoms with Gasteiger partial charge in [0.1, 0.15) is 46.0 Å². The first kappa shape index (κ1) is 97.6. The first-order valence-corrected chi connectivity index (χ1v) is 41.3. The molecule has 33 heteroatoms. The number of pyridine rings is 9. The molecule has 0 amide bonds. The summed E-state index contributed by atoms with van der Waals surface area (Å²) in [6.07, 6.45) is 24.3. The Morgan fingerprint density at radius 3 is 1.12 bits per heavy atom. The van der Waals surface area contributed by atoms with Crippen LogP contribution in [0.3, 0.4) is 0 Å². The third kappa shape index (κ3) is 22.0. The minimum absolute atomic E-state index is 0.0219. The van der Waals surface area contributed by atoms with Crippen LogP contribution in [0.25, 0.3) is 76.5 Å². The van der Waals surface area contributed by atoms with Crippen LogP contribution in [-0.4, -0.2) is 189 Å². The maximum absolute atomic E-state index is 12.5. The van der Waals surface area contributed by atoms with E-state index in [0.717, 1.165) is 134 Å². The third-order valence-electron chi connectivity index (χ3n) is 21.3. The molecule has 1 saturated heterocycles. The fourth-order valence-electron chi connectivity index (χ4n) is 14.3. The lowest BCUT2D eigenvalue weighted by Crippen LogP contribution is -2.41. The summed E-state index contributed by atoms with van der Waals surface area (Å²) in [5.41, 5.74) is 10.1. The van der Waals surface area contributed by atoms with Gasteiger partial charge >= 0.3 is 7.12 Å². The predicted molar refractivity (Wildman–Crippen MR) is 502 cm³/mol. The summed E-state index contributed by atoms with van der Waals surface area (Å²) in [7, 11) is 32.6. The molecular formula is C93H108BBr2N13O17. The normalized spacial score (nSPS) is 12.7. The lowest BCUT2D eigenvalue weighted by molar-refractivity contribution is 0.00578. The van der Waals surface area contributed by atoms with Gasteiger partial charge in [-0.1, -0.05) is 15.9 Å². The summed E-state index contributed by atoms with van der Waals surface area (Å²) < 4.78 is 65.0. The molecule has 0 saturated carbocycles. The molecule has 0 radical (unpaired) electrons. The van der Waals surface area contributed by atoms with E-state index in [4.69, 9.17) is 47.2 Å². The molecule has 2 N–H and O–H groups in total. The Kier molecular flexibility index (Phi) is 33.8. The van der Waals surface area contributed by atoms with Crippen molar-refractivity contribution >= 4 is 100 Å². The Balaban J connectivity index is 0.000000173. The number of ether oxygens (including phenoxy) is 8. The predicted octanol–water partition coefficient (Wildman–Crippen LogP) is 11.9. The maximum atomic E-state index is 12.5. The van der Waals surface area contributed by atoms with Gasteiger partial charge in [-0.25, -0.2) is 0 Å². The summed E-state index contributed by atoms with van der Waals surface area (Å²) in [4.78, 5) is 103. The molecule has 2 aliphatic heterocycles. The molecule has 0 bridgehead atoms. The second kappa shape index (κ2) is 43.6. The van der Waals surface area contributed by atoms with E-state index in [-0.39, 0.29) is 27.8 Å². The van der Waals surface area contributed by atoms with Gasteiger partial charge in [-0.15, -0.1) is 0 Å². The summed E-state index contributed by atoms with van der Waals surface area (Å²) in [6.45, 7) is 11.0. The van der Waals surface area contributed by atoms with Crippen molar-refractivity contribution in [1.82, 2.24) is 63.2 Å². The number of methoxy groups -OCH3 is 8. The van der Waals surface area contributed by atoms with Crippen molar-refractivity contribution in [1.29, 1.82) is 0 Å². The molecule has 13 aromatic rings. The molecule has 11 heterocycles. The van der Waals surface area contributed by atoms with Crippen molar-refractivity contribution in [2.75, 3.05) is 106 Å². The molecule has 15 rings (SSSR count). The van der Waals surface area contributed by atoms with Crippen molar-refractivity contribution in [3.63, 3.8) is 0 Å². The summed E-state index contributed by atoms with van der Waals surface area (Å²) in [5, 5.41) is 11.7. The van der Waals surface area contributed by atoms with Gasteiger partial charge in [0.2, 0.25) is 0 Å². The van der Waals surface area contributed by atoms with E-state index >= 15 is 0 Å². The van der Waals surface area contributed by atoms with Gasteiger partial charge in [-0.3, -0.25) is 53.5 Å². The highest BCUT2D eigenvalue weighted by atomic mass is 79.9. The molecule has 2 aliphatic rings. The quantitative estimate of drug-likeness (QED) is 0.0595. The Bertz CT molecular complexity index is 6330. The monoisotopic (exact) mass is 1850 g/mol. The van der Waals surface area contributed by atoms with Crippen LogP contribution in [0.2, 0.25) is 0 Å². The number of fused-ring (bicyclic) bond motifs is 5. The first-order valence-electron chi connectivity index (χ1n) is 39.7. The van der Waals surface area contributed by atoms with Crippen molar-refractivity contribution < 1.29 is 56.8 Å². The van der Waals surface area contributed by atoms with Gasteiger partial charge in [0.05, 0.1) is 112 Å². The third-order valence-corrected chi connectivity index (χ3v) is 22.3. The highest BCUT2D eigenvalue weighted by molar-refractivity contribution is 9.11. The molecule has 126 heavy (non-hydrogen) atoms. The fourth-order valence-corrected chi connectivity index (χ4v) is 15.3. The van der Waals surface area contributed by atoms with E-state index in [1.54, 1.807) is 176 Å². The second-order valence-corrected chi connectivity index (χ2v) is 32.6. The van der Waals surface area contributed by atoms with Crippen molar-refractivity contribution in [3.8, 4) is 79.4 Å². The number of rotatable bonds is 18. The highest BCUT2D eigenvalue weighted by Gasteiger charge is 2.52. The summed E-state index contributed by atoms with van der Waals surface area (Å²) in [6, 6.07) is 22.3. The number of nitrogens with zero attached hydrogens (tertiary/aromatic N) is 11. The largest absolute Gasteiger partial charge is 0.496 e. The number of carbonyl (C=O) groups excluding carboxylic acids is 2. The molecule has 0 unspecified atom stereocenters. The lowest BCUT2D eigenvalue weighted by Gasteiger charge is -2.32. The lowest BCUT2D eigenvalue weighted by atomic mass is 9.77. The molecular weight excluding hydrogens is 1740 g/mol. The number of hydrogen-bond donors (Lipinski definition) is 2. The van der Waals surface area contributed by atoms with Crippen LogP contribution in [0.4, 0.5) is 0 Å². The van der Waals surface area contributed by atoms with Gasteiger partial charge in [-0.2, -0.15) is 0 Å². The van der Waals surface area contributed by atoms with Crippen LogP contribution >= 0.6 is 31.9 Å². The van der Waals surface area contributed by atoms with E-state index < -0.39 is 18.3 Å². The molecule has 664 valence electrons. The van der Waals surface area contributed by atoms with E-state index in [1.165, 1.54) is 37.6 Å². The number of hydrogen-bond acceptors (Lipinski definition) is 25.